The van der Waals surface area contributed by atoms with E-state index in [1.807, 2.05) is 24.3 Å². The molecule has 0 bridgehead atoms. The Morgan fingerprint density at radius 1 is 1.27 bits per heavy atom. The molecular weight excluding hydrogens is 336 g/mol. The largest absolute Gasteiger partial charge is 0.439 e. The van der Waals surface area contributed by atoms with Gasteiger partial charge in [0, 0.05) is 37.1 Å². The van der Waals surface area contributed by atoms with Crippen LogP contribution in [0.1, 0.15) is 16.8 Å². The quantitative estimate of drug-likeness (QED) is 0.879. The molecule has 2 N–H and O–H groups in total. The molecule has 2 aliphatic rings. The van der Waals surface area contributed by atoms with Crippen LogP contribution in [0.4, 0.5) is 4.79 Å². The van der Waals surface area contributed by atoms with E-state index in [4.69, 9.17) is 10.5 Å². The van der Waals surface area contributed by atoms with E-state index in [0.29, 0.717) is 31.6 Å². The van der Waals surface area contributed by atoms with Gasteiger partial charge in [-0.2, -0.15) is 0 Å². The van der Waals surface area contributed by atoms with Gasteiger partial charge in [-0.05, 0) is 6.07 Å². The molecule has 136 valence electrons. The van der Waals surface area contributed by atoms with E-state index in [0.717, 1.165) is 10.9 Å². The topological polar surface area (TPSA) is 97.9 Å². The van der Waals surface area contributed by atoms with Crippen molar-refractivity contribution in [3.05, 3.63) is 36.0 Å². The van der Waals surface area contributed by atoms with Crippen LogP contribution in [0.25, 0.3) is 10.9 Å². The van der Waals surface area contributed by atoms with Crippen molar-refractivity contribution in [3.63, 3.8) is 0 Å². The van der Waals surface area contributed by atoms with Gasteiger partial charge in [0.25, 0.3) is 5.91 Å². The van der Waals surface area contributed by atoms with Gasteiger partial charge in [0.15, 0.2) is 5.60 Å². The van der Waals surface area contributed by atoms with Crippen molar-refractivity contribution in [1.29, 1.82) is 0 Å². The van der Waals surface area contributed by atoms with Gasteiger partial charge in [0.1, 0.15) is 6.54 Å². The summed E-state index contributed by atoms with van der Waals surface area (Å²) in [5.41, 5.74) is 6.04. The number of aromatic nitrogens is 1. The number of fused-ring (bicyclic) bond motifs is 1. The lowest BCUT2D eigenvalue weighted by Crippen LogP contribution is -2.40. The summed E-state index contributed by atoms with van der Waals surface area (Å²) < 4.78 is 7.23. The highest BCUT2D eigenvalue weighted by molar-refractivity contribution is 6.06. The lowest BCUT2D eigenvalue weighted by atomic mass is 10.0. The average molecular weight is 356 g/mol. The Morgan fingerprint density at radius 3 is 2.73 bits per heavy atom. The second kappa shape index (κ2) is 5.76. The first kappa shape index (κ1) is 16.4. The Balaban J connectivity index is 1.54. The molecule has 0 aliphatic carbocycles. The Bertz CT molecular complexity index is 921. The van der Waals surface area contributed by atoms with Gasteiger partial charge >= 0.3 is 6.09 Å². The zero-order valence-corrected chi connectivity index (χ0v) is 14.5. The SMILES string of the molecule is CN1C[C@@]2(CCN(C(=O)Cn3cc(C(N)=O)c4ccccc43)C2)OC1=O. The number of nitrogens with zero attached hydrogens (tertiary/aromatic N) is 3. The van der Waals surface area contributed by atoms with Crippen LogP contribution in [0, 0.1) is 0 Å². The minimum absolute atomic E-state index is 0.0794. The number of nitrogens with two attached hydrogens (primary N) is 1. The van der Waals surface area contributed by atoms with Gasteiger partial charge in [-0.15, -0.1) is 0 Å². The fourth-order valence-corrected chi connectivity index (χ4v) is 3.88. The maximum atomic E-state index is 12.8. The highest BCUT2D eigenvalue weighted by Gasteiger charge is 2.49. The highest BCUT2D eigenvalue weighted by atomic mass is 16.6. The molecule has 2 aliphatic heterocycles. The number of hydrogen-bond donors (Lipinski definition) is 1. The molecule has 8 heteroatoms. The number of rotatable bonds is 3. The number of ether oxygens (including phenoxy) is 1. The molecule has 3 amide bonds. The molecule has 0 saturated carbocycles. The maximum Gasteiger partial charge on any atom is 0.410 e. The van der Waals surface area contributed by atoms with Crippen LogP contribution in [0.15, 0.2) is 30.5 Å². The minimum atomic E-state index is -0.599. The monoisotopic (exact) mass is 356 g/mol. The zero-order chi connectivity index (χ0) is 18.5. The summed E-state index contributed by atoms with van der Waals surface area (Å²) in [5, 5.41) is 0.733. The number of likely N-dealkylation sites (N-methyl/N-ethyl adjacent to an activating group) is 1. The fourth-order valence-electron chi connectivity index (χ4n) is 3.88. The smallest absolute Gasteiger partial charge is 0.410 e. The predicted octanol–water partition coefficient (Wildman–Crippen LogP) is 0.793. The van der Waals surface area contributed by atoms with Crippen LogP contribution in [-0.4, -0.2) is 64.6 Å². The molecule has 3 heterocycles. The van der Waals surface area contributed by atoms with Crippen molar-refractivity contribution in [3.8, 4) is 0 Å². The second-order valence-corrected chi connectivity index (χ2v) is 7.02. The summed E-state index contributed by atoms with van der Waals surface area (Å²) in [6, 6.07) is 7.35. The van der Waals surface area contributed by atoms with Crippen LogP contribution in [-0.2, 0) is 16.1 Å². The third-order valence-electron chi connectivity index (χ3n) is 5.17. The molecule has 1 aromatic heterocycles. The van der Waals surface area contributed by atoms with Crippen LogP contribution >= 0.6 is 0 Å². The maximum absolute atomic E-state index is 12.8. The fraction of sp³-hybridized carbons (Fsp3) is 0.389. The predicted molar refractivity (Wildman–Crippen MR) is 93.5 cm³/mol. The Morgan fingerprint density at radius 2 is 2.04 bits per heavy atom. The van der Waals surface area contributed by atoms with E-state index >= 15 is 0 Å². The minimum Gasteiger partial charge on any atom is -0.439 e. The lowest BCUT2D eigenvalue weighted by molar-refractivity contribution is -0.131. The van der Waals surface area contributed by atoms with Gasteiger partial charge < -0.3 is 24.8 Å². The van der Waals surface area contributed by atoms with E-state index < -0.39 is 11.5 Å². The highest BCUT2D eigenvalue weighted by Crippen LogP contribution is 2.32. The summed E-state index contributed by atoms with van der Waals surface area (Å²) in [7, 11) is 1.69. The van der Waals surface area contributed by atoms with Crippen LogP contribution < -0.4 is 5.73 Å². The van der Waals surface area contributed by atoms with Crippen molar-refractivity contribution in [1.82, 2.24) is 14.4 Å². The lowest BCUT2D eigenvalue weighted by Gasteiger charge is -2.22. The number of benzene rings is 1. The number of amides is 3. The summed E-state index contributed by atoms with van der Waals surface area (Å²) in [5.74, 6) is -0.599. The number of primary amides is 1. The molecule has 2 aromatic rings. The molecule has 1 atom stereocenters. The van der Waals surface area contributed by atoms with Gasteiger partial charge in [0.05, 0.1) is 18.7 Å². The molecule has 1 aromatic carbocycles. The van der Waals surface area contributed by atoms with Gasteiger partial charge in [0.2, 0.25) is 5.91 Å². The number of carbonyl (C=O) groups excluding carboxylic acids is 3. The Labute approximate surface area is 150 Å². The number of carbonyl (C=O) groups is 3. The van der Waals surface area contributed by atoms with Crippen LogP contribution in [0.5, 0.6) is 0 Å². The van der Waals surface area contributed by atoms with E-state index in [9.17, 15) is 14.4 Å². The summed E-state index contributed by atoms with van der Waals surface area (Å²) >= 11 is 0. The Hall–Kier alpha value is -3.03. The average Bonchev–Trinajstić information content (AvgIpc) is 3.25. The molecule has 1 spiro atoms. The van der Waals surface area contributed by atoms with Crippen molar-refractivity contribution >= 4 is 28.8 Å². The number of para-hydroxylation sites is 1. The van der Waals surface area contributed by atoms with Crippen molar-refractivity contribution in [2.24, 2.45) is 5.73 Å². The van der Waals surface area contributed by atoms with E-state index in [2.05, 4.69) is 0 Å². The summed E-state index contributed by atoms with van der Waals surface area (Å²) in [4.78, 5) is 39.4. The second-order valence-electron chi connectivity index (χ2n) is 7.02. The molecule has 8 nitrogen and oxygen atoms in total. The third kappa shape index (κ3) is 2.58. The van der Waals surface area contributed by atoms with E-state index in [1.165, 1.54) is 4.90 Å². The van der Waals surface area contributed by atoms with E-state index in [1.54, 1.807) is 22.7 Å². The van der Waals surface area contributed by atoms with Crippen molar-refractivity contribution < 1.29 is 19.1 Å². The number of likely N-dealkylation sites (tertiary alicyclic amines) is 1. The third-order valence-corrected chi connectivity index (χ3v) is 5.17. The Kier molecular flexibility index (Phi) is 3.64. The summed E-state index contributed by atoms with van der Waals surface area (Å²) in [6.07, 6.45) is 1.91. The van der Waals surface area contributed by atoms with Crippen molar-refractivity contribution in [2.75, 3.05) is 26.7 Å². The summed E-state index contributed by atoms with van der Waals surface area (Å²) in [6.45, 7) is 1.53. The van der Waals surface area contributed by atoms with Gasteiger partial charge in [-0.25, -0.2) is 4.79 Å². The van der Waals surface area contributed by atoms with Crippen LogP contribution in [0.2, 0.25) is 0 Å². The molecule has 2 saturated heterocycles. The first-order chi connectivity index (χ1) is 12.4. The molecule has 0 unspecified atom stereocenters. The van der Waals surface area contributed by atoms with E-state index in [-0.39, 0.29) is 18.5 Å². The normalized spacial score (nSPS) is 22.4. The molecule has 2 fully saturated rings. The first-order valence-electron chi connectivity index (χ1n) is 8.48. The number of hydrogen-bond acceptors (Lipinski definition) is 4. The molecule has 4 rings (SSSR count). The molecule has 0 radical (unpaired) electrons. The van der Waals surface area contributed by atoms with Gasteiger partial charge in [-0.1, -0.05) is 18.2 Å². The standard InChI is InChI=1S/C18H20N4O4/c1-20-10-18(26-17(20)25)6-7-21(11-18)15(23)9-22-8-13(16(19)24)12-4-2-3-5-14(12)22/h2-5,8H,6-7,9-11H2,1H3,(H2,19,24)/t18-/m1/s1. The van der Waals surface area contributed by atoms with Crippen molar-refractivity contribution in [2.45, 2.75) is 18.6 Å². The van der Waals surface area contributed by atoms with Gasteiger partial charge in [-0.3, -0.25) is 9.59 Å². The first-order valence-corrected chi connectivity index (χ1v) is 8.48. The zero-order valence-electron chi connectivity index (χ0n) is 14.5. The molecule has 26 heavy (non-hydrogen) atoms. The van der Waals surface area contributed by atoms with Crippen LogP contribution in [0.3, 0.4) is 0 Å². The molecular formula is C18H20N4O4.